The number of hydrogen-bond acceptors (Lipinski definition) is 1. The predicted octanol–water partition coefficient (Wildman–Crippen LogP) is 5.55. The highest BCUT2D eigenvalue weighted by Gasteiger charge is 2.18. The Labute approximate surface area is 166 Å². The fourth-order valence-electron chi connectivity index (χ4n) is 3.28. The molecule has 0 N–H and O–H groups in total. The Morgan fingerprint density at radius 2 is 1.89 bits per heavy atom. The Morgan fingerprint density at radius 3 is 2.63 bits per heavy atom. The van der Waals surface area contributed by atoms with Crippen molar-refractivity contribution in [2.45, 2.75) is 33.4 Å². The molecule has 0 saturated heterocycles. The van der Waals surface area contributed by atoms with Crippen LogP contribution in [0.15, 0.2) is 66.9 Å². The van der Waals surface area contributed by atoms with E-state index in [-0.39, 0.29) is 5.91 Å². The summed E-state index contributed by atoms with van der Waals surface area (Å²) in [5, 5.41) is 0.739. The van der Waals surface area contributed by atoms with Gasteiger partial charge in [0.2, 0.25) is 0 Å². The number of halogens is 1. The first-order chi connectivity index (χ1) is 13.1. The molecule has 1 aromatic heterocycles. The number of nitrogens with zero attached hydrogens (tertiary/aromatic N) is 2. The smallest absolute Gasteiger partial charge is 0.254 e. The standard InChI is InChI=1S/C23H25ClN2O/c1-3-13-26(23(27)22-12-5-4-8-18(22)2)17-21-11-7-14-25(21)16-19-9-6-10-20(24)15-19/h4-12,14-15H,3,13,16-17H2,1-2H3. The first-order valence-electron chi connectivity index (χ1n) is 9.32. The van der Waals surface area contributed by atoms with Crippen molar-refractivity contribution < 1.29 is 4.79 Å². The molecule has 0 aliphatic carbocycles. The molecular weight excluding hydrogens is 356 g/mol. The Kier molecular flexibility index (Phi) is 6.36. The number of hydrogen-bond donors (Lipinski definition) is 0. The quantitative estimate of drug-likeness (QED) is 0.527. The maximum atomic E-state index is 13.1. The fourth-order valence-corrected chi connectivity index (χ4v) is 3.49. The van der Waals surface area contributed by atoms with Crippen LogP contribution < -0.4 is 0 Å². The third-order valence-corrected chi connectivity index (χ3v) is 4.91. The number of rotatable bonds is 7. The summed E-state index contributed by atoms with van der Waals surface area (Å²) in [4.78, 5) is 15.0. The van der Waals surface area contributed by atoms with Crippen LogP contribution in [-0.2, 0) is 13.1 Å². The minimum Gasteiger partial charge on any atom is -0.345 e. The number of benzene rings is 2. The predicted molar refractivity (Wildman–Crippen MR) is 111 cm³/mol. The van der Waals surface area contributed by atoms with E-state index in [9.17, 15) is 4.79 Å². The molecule has 0 fully saturated rings. The highest BCUT2D eigenvalue weighted by atomic mass is 35.5. The lowest BCUT2D eigenvalue weighted by molar-refractivity contribution is 0.0739. The number of amides is 1. The summed E-state index contributed by atoms with van der Waals surface area (Å²) in [6.45, 7) is 6.15. The van der Waals surface area contributed by atoms with Gasteiger partial charge in [-0.3, -0.25) is 4.79 Å². The van der Waals surface area contributed by atoms with Crippen LogP contribution >= 0.6 is 11.6 Å². The molecule has 0 radical (unpaired) electrons. The average molecular weight is 381 g/mol. The zero-order chi connectivity index (χ0) is 19.2. The van der Waals surface area contributed by atoms with E-state index in [1.807, 2.05) is 60.4 Å². The Bertz CT molecular complexity index is 916. The first kappa shape index (κ1) is 19.2. The first-order valence-corrected chi connectivity index (χ1v) is 9.69. The molecule has 4 heteroatoms. The van der Waals surface area contributed by atoms with E-state index in [4.69, 9.17) is 11.6 Å². The molecule has 2 aromatic carbocycles. The van der Waals surface area contributed by atoms with E-state index in [1.165, 1.54) is 0 Å². The summed E-state index contributed by atoms with van der Waals surface area (Å²) >= 11 is 6.11. The van der Waals surface area contributed by atoms with Crippen molar-refractivity contribution >= 4 is 17.5 Å². The number of aromatic nitrogens is 1. The molecule has 0 atom stereocenters. The number of carbonyl (C=O) groups is 1. The van der Waals surface area contributed by atoms with Crippen molar-refractivity contribution in [1.82, 2.24) is 9.47 Å². The molecule has 1 heterocycles. The van der Waals surface area contributed by atoms with Crippen molar-refractivity contribution in [1.29, 1.82) is 0 Å². The number of carbonyl (C=O) groups excluding carboxylic acids is 1. The topological polar surface area (TPSA) is 25.2 Å². The van der Waals surface area contributed by atoms with Gasteiger partial charge in [-0.05, 0) is 54.8 Å². The van der Waals surface area contributed by atoms with E-state index in [0.717, 1.165) is 46.9 Å². The lowest BCUT2D eigenvalue weighted by Crippen LogP contribution is -2.32. The van der Waals surface area contributed by atoms with Crippen molar-refractivity contribution in [2.75, 3.05) is 6.54 Å². The summed E-state index contributed by atoms with van der Waals surface area (Å²) in [6, 6.07) is 19.8. The summed E-state index contributed by atoms with van der Waals surface area (Å²) in [5.74, 6) is 0.0884. The molecule has 27 heavy (non-hydrogen) atoms. The van der Waals surface area contributed by atoms with Gasteiger partial charge < -0.3 is 9.47 Å². The third-order valence-electron chi connectivity index (χ3n) is 4.67. The van der Waals surface area contributed by atoms with Crippen molar-refractivity contribution in [3.63, 3.8) is 0 Å². The van der Waals surface area contributed by atoms with Gasteiger partial charge in [-0.25, -0.2) is 0 Å². The van der Waals surface area contributed by atoms with Crippen LogP contribution in [0.25, 0.3) is 0 Å². The molecule has 3 aromatic rings. The van der Waals surface area contributed by atoms with Crippen LogP contribution in [0.1, 0.15) is 40.5 Å². The van der Waals surface area contributed by atoms with Crippen LogP contribution in [0, 0.1) is 6.92 Å². The zero-order valence-electron chi connectivity index (χ0n) is 15.9. The molecule has 0 unspecified atom stereocenters. The third kappa shape index (κ3) is 4.81. The number of aryl methyl sites for hydroxylation is 1. The summed E-state index contributed by atoms with van der Waals surface area (Å²) in [7, 11) is 0. The lowest BCUT2D eigenvalue weighted by atomic mass is 10.1. The minimum atomic E-state index is 0.0884. The molecule has 0 saturated carbocycles. The monoisotopic (exact) mass is 380 g/mol. The normalized spacial score (nSPS) is 10.8. The Balaban J connectivity index is 1.81. The van der Waals surface area contributed by atoms with Crippen LogP contribution in [0.2, 0.25) is 5.02 Å². The Hall–Kier alpha value is -2.52. The van der Waals surface area contributed by atoms with Gasteiger partial charge in [-0.15, -0.1) is 0 Å². The highest BCUT2D eigenvalue weighted by Crippen LogP contribution is 2.17. The van der Waals surface area contributed by atoms with Crippen molar-refractivity contribution in [3.8, 4) is 0 Å². The molecule has 0 spiro atoms. The van der Waals surface area contributed by atoms with Crippen LogP contribution in [0.3, 0.4) is 0 Å². The van der Waals surface area contributed by atoms with Crippen LogP contribution in [-0.4, -0.2) is 21.9 Å². The van der Waals surface area contributed by atoms with Gasteiger partial charge in [0.05, 0.1) is 6.54 Å². The van der Waals surface area contributed by atoms with Crippen molar-refractivity contribution in [2.24, 2.45) is 0 Å². The zero-order valence-corrected chi connectivity index (χ0v) is 16.6. The molecule has 3 nitrogen and oxygen atoms in total. The molecule has 1 amide bonds. The van der Waals surface area contributed by atoms with Gasteiger partial charge in [0.15, 0.2) is 0 Å². The molecule has 0 aliphatic heterocycles. The van der Waals surface area contributed by atoms with Crippen molar-refractivity contribution in [3.05, 3.63) is 94.3 Å². The van der Waals surface area contributed by atoms with Gasteiger partial charge in [0.25, 0.3) is 5.91 Å². The van der Waals surface area contributed by atoms with E-state index in [2.05, 4.69) is 29.8 Å². The molecule has 0 bridgehead atoms. The summed E-state index contributed by atoms with van der Waals surface area (Å²) in [5.41, 5.74) is 4.05. The van der Waals surface area contributed by atoms with Crippen LogP contribution in [0.4, 0.5) is 0 Å². The van der Waals surface area contributed by atoms with Crippen LogP contribution in [0.5, 0.6) is 0 Å². The molecular formula is C23H25ClN2O. The summed E-state index contributed by atoms with van der Waals surface area (Å²) in [6.07, 6.45) is 2.98. The van der Waals surface area contributed by atoms with Gasteiger partial charge in [-0.1, -0.05) is 48.9 Å². The highest BCUT2D eigenvalue weighted by molar-refractivity contribution is 6.30. The summed E-state index contributed by atoms with van der Waals surface area (Å²) < 4.78 is 2.18. The maximum absolute atomic E-state index is 13.1. The van der Waals surface area contributed by atoms with Gasteiger partial charge in [0.1, 0.15) is 0 Å². The molecule has 140 valence electrons. The lowest BCUT2D eigenvalue weighted by Gasteiger charge is -2.24. The van der Waals surface area contributed by atoms with Gasteiger partial charge in [0, 0.05) is 35.6 Å². The van der Waals surface area contributed by atoms with E-state index < -0.39 is 0 Å². The van der Waals surface area contributed by atoms with Gasteiger partial charge >= 0.3 is 0 Å². The maximum Gasteiger partial charge on any atom is 0.254 e. The second kappa shape index (κ2) is 8.92. The van der Waals surface area contributed by atoms with E-state index >= 15 is 0 Å². The fraction of sp³-hybridized carbons (Fsp3) is 0.261. The average Bonchev–Trinajstić information content (AvgIpc) is 3.08. The molecule has 0 aliphatic rings. The van der Waals surface area contributed by atoms with Gasteiger partial charge in [-0.2, -0.15) is 0 Å². The second-order valence-corrected chi connectivity index (χ2v) is 7.24. The van der Waals surface area contributed by atoms with E-state index in [1.54, 1.807) is 0 Å². The Morgan fingerprint density at radius 1 is 1.07 bits per heavy atom. The second-order valence-electron chi connectivity index (χ2n) is 6.80. The minimum absolute atomic E-state index is 0.0884. The van der Waals surface area contributed by atoms with E-state index in [0.29, 0.717) is 6.54 Å². The SMILES string of the molecule is CCCN(Cc1cccn1Cc1cccc(Cl)c1)C(=O)c1ccccc1C. The largest absolute Gasteiger partial charge is 0.345 e. The molecule has 3 rings (SSSR count).